The van der Waals surface area contributed by atoms with Crippen LogP contribution >= 0.6 is 0 Å². The summed E-state index contributed by atoms with van der Waals surface area (Å²) in [6.07, 6.45) is 2.60. The van der Waals surface area contributed by atoms with Crippen molar-refractivity contribution in [1.82, 2.24) is 5.43 Å². The monoisotopic (exact) mass is 426 g/mol. The van der Waals surface area contributed by atoms with Crippen LogP contribution in [-0.2, 0) is 10.2 Å². The smallest absolute Gasteiger partial charge is 0.277 e. The molecule has 0 fully saturated rings. The molecule has 2 rings (SSSR count). The number of rotatable bonds is 9. The molecule has 0 aliphatic rings. The van der Waals surface area contributed by atoms with Crippen LogP contribution in [0.4, 0.5) is 0 Å². The predicted octanol–water partition coefficient (Wildman–Crippen LogP) is 4.95. The van der Waals surface area contributed by atoms with E-state index in [0.717, 1.165) is 12.0 Å². The first kappa shape index (κ1) is 24.3. The summed E-state index contributed by atoms with van der Waals surface area (Å²) in [7, 11) is 3.14. The van der Waals surface area contributed by atoms with Crippen LogP contribution in [0.3, 0.4) is 0 Å². The first-order chi connectivity index (χ1) is 14.5. The molecule has 0 unspecified atom stereocenters. The lowest BCUT2D eigenvalue weighted by atomic mass is 9.72. The van der Waals surface area contributed by atoms with E-state index in [0.29, 0.717) is 17.2 Å². The van der Waals surface area contributed by atoms with E-state index < -0.39 is 0 Å². The number of methoxy groups -OCH3 is 2. The van der Waals surface area contributed by atoms with Crippen LogP contribution in [0.15, 0.2) is 47.6 Å². The van der Waals surface area contributed by atoms with Gasteiger partial charge in [-0.2, -0.15) is 5.10 Å². The second-order valence-corrected chi connectivity index (χ2v) is 9.34. The van der Waals surface area contributed by atoms with Crippen molar-refractivity contribution in [3.63, 3.8) is 0 Å². The van der Waals surface area contributed by atoms with Crippen LogP contribution in [0.5, 0.6) is 17.2 Å². The maximum atomic E-state index is 12.0. The molecule has 6 heteroatoms. The number of hydrogen-bond donors (Lipinski definition) is 1. The Balaban J connectivity index is 1.87. The van der Waals surface area contributed by atoms with Crippen LogP contribution in [0, 0.1) is 5.41 Å². The molecule has 0 saturated carbocycles. The number of carbonyl (C=O) groups is 1. The van der Waals surface area contributed by atoms with Gasteiger partial charge in [-0.3, -0.25) is 4.79 Å². The van der Waals surface area contributed by atoms with Crippen LogP contribution < -0.4 is 19.6 Å². The Morgan fingerprint density at radius 3 is 2.19 bits per heavy atom. The molecular weight excluding hydrogens is 392 g/mol. The fraction of sp³-hybridized carbons (Fsp3) is 0.440. The highest BCUT2D eigenvalue weighted by atomic mass is 16.5. The minimum atomic E-state index is -0.339. The van der Waals surface area contributed by atoms with Crippen molar-refractivity contribution in [2.24, 2.45) is 10.5 Å². The van der Waals surface area contributed by atoms with Gasteiger partial charge < -0.3 is 14.2 Å². The lowest BCUT2D eigenvalue weighted by Gasteiger charge is -2.33. The molecule has 0 atom stereocenters. The highest BCUT2D eigenvalue weighted by Crippen LogP contribution is 2.36. The fourth-order valence-electron chi connectivity index (χ4n) is 3.72. The van der Waals surface area contributed by atoms with E-state index in [1.807, 2.05) is 18.2 Å². The Kier molecular flexibility index (Phi) is 8.08. The summed E-state index contributed by atoms with van der Waals surface area (Å²) in [4.78, 5) is 12.0. The van der Waals surface area contributed by atoms with E-state index in [-0.39, 0.29) is 23.3 Å². The molecule has 0 aromatic heterocycles. The molecule has 0 aliphatic carbocycles. The zero-order chi connectivity index (χ0) is 23.1. The third-order valence-electron chi connectivity index (χ3n) is 4.79. The summed E-state index contributed by atoms with van der Waals surface area (Å²) < 4.78 is 16.0. The third-order valence-corrected chi connectivity index (χ3v) is 4.79. The SMILES string of the molecule is COc1ccc(/C=N/NC(=O)COc2ccc(C(C)(C)CC(C)(C)C)cc2)cc1OC. The van der Waals surface area contributed by atoms with Gasteiger partial charge >= 0.3 is 0 Å². The summed E-state index contributed by atoms with van der Waals surface area (Å²) in [6.45, 7) is 11.1. The van der Waals surface area contributed by atoms with E-state index in [1.165, 1.54) is 11.8 Å². The molecule has 2 aromatic carbocycles. The average molecular weight is 427 g/mol. The van der Waals surface area contributed by atoms with E-state index in [4.69, 9.17) is 14.2 Å². The highest BCUT2D eigenvalue weighted by Gasteiger charge is 2.27. The van der Waals surface area contributed by atoms with Crippen molar-refractivity contribution in [2.75, 3.05) is 20.8 Å². The Morgan fingerprint density at radius 2 is 1.61 bits per heavy atom. The van der Waals surface area contributed by atoms with Gasteiger partial charge in [0.05, 0.1) is 20.4 Å². The molecule has 1 N–H and O–H groups in total. The van der Waals surface area contributed by atoms with Crippen LogP contribution in [-0.4, -0.2) is 32.9 Å². The van der Waals surface area contributed by atoms with E-state index >= 15 is 0 Å². The largest absolute Gasteiger partial charge is 0.493 e. The molecule has 0 saturated heterocycles. The average Bonchev–Trinajstić information content (AvgIpc) is 2.70. The lowest BCUT2D eigenvalue weighted by Crippen LogP contribution is -2.25. The number of ether oxygens (including phenoxy) is 3. The number of nitrogens with zero attached hydrogens (tertiary/aromatic N) is 1. The molecule has 0 spiro atoms. The fourth-order valence-corrected chi connectivity index (χ4v) is 3.72. The molecule has 1 amide bonds. The Labute approximate surface area is 185 Å². The number of hydrazone groups is 1. The lowest BCUT2D eigenvalue weighted by molar-refractivity contribution is -0.123. The van der Waals surface area contributed by atoms with E-state index in [9.17, 15) is 4.79 Å². The summed E-state index contributed by atoms with van der Waals surface area (Å²) in [6, 6.07) is 13.3. The second kappa shape index (κ2) is 10.3. The van der Waals surface area contributed by atoms with Crippen molar-refractivity contribution in [3.8, 4) is 17.2 Å². The van der Waals surface area contributed by atoms with Gasteiger partial charge in [0.15, 0.2) is 18.1 Å². The minimum Gasteiger partial charge on any atom is -0.493 e. The molecule has 168 valence electrons. The van der Waals surface area contributed by atoms with Gasteiger partial charge in [0, 0.05) is 0 Å². The highest BCUT2D eigenvalue weighted by molar-refractivity contribution is 5.83. The number of carbonyl (C=O) groups excluding carboxylic acids is 1. The van der Waals surface area contributed by atoms with Crippen LogP contribution in [0.2, 0.25) is 0 Å². The number of hydrogen-bond acceptors (Lipinski definition) is 5. The Hall–Kier alpha value is -3.02. The summed E-state index contributed by atoms with van der Waals surface area (Å²) in [5.74, 6) is 1.53. The maximum absolute atomic E-state index is 12.0. The molecule has 31 heavy (non-hydrogen) atoms. The minimum absolute atomic E-state index is 0.0625. The van der Waals surface area contributed by atoms with Gasteiger partial charge in [-0.25, -0.2) is 5.43 Å². The zero-order valence-corrected chi connectivity index (χ0v) is 19.6. The van der Waals surface area contributed by atoms with Crippen molar-refractivity contribution >= 4 is 12.1 Å². The molecule has 0 aliphatic heterocycles. The van der Waals surface area contributed by atoms with Gasteiger partial charge in [0.25, 0.3) is 5.91 Å². The summed E-state index contributed by atoms with van der Waals surface area (Å²) >= 11 is 0. The van der Waals surface area contributed by atoms with Gasteiger partial charge in [-0.15, -0.1) is 0 Å². The summed E-state index contributed by atoms with van der Waals surface area (Å²) in [5.41, 5.74) is 4.79. The number of amides is 1. The molecule has 0 radical (unpaired) electrons. The van der Waals surface area contributed by atoms with Crippen molar-refractivity contribution in [2.45, 2.75) is 46.5 Å². The van der Waals surface area contributed by atoms with Gasteiger partial charge in [0.2, 0.25) is 0 Å². The molecule has 0 heterocycles. The topological polar surface area (TPSA) is 69.2 Å². The molecule has 6 nitrogen and oxygen atoms in total. The predicted molar refractivity (Wildman–Crippen MR) is 124 cm³/mol. The molecular formula is C25H34N2O4. The van der Waals surface area contributed by atoms with Gasteiger partial charge in [0.1, 0.15) is 5.75 Å². The van der Waals surface area contributed by atoms with Crippen LogP contribution in [0.25, 0.3) is 0 Å². The van der Waals surface area contributed by atoms with Gasteiger partial charge in [-0.05, 0) is 58.7 Å². The van der Waals surface area contributed by atoms with Crippen molar-refractivity contribution < 1.29 is 19.0 Å². The third kappa shape index (κ3) is 7.63. The first-order valence-electron chi connectivity index (χ1n) is 10.3. The normalized spacial score (nSPS) is 12.0. The van der Waals surface area contributed by atoms with E-state index in [2.05, 4.69) is 57.3 Å². The number of benzene rings is 2. The molecule has 0 bridgehead atoms. The first-order valence-corrected chi connectivity index (χ1v) is 10.3. The van der Waals surface area contributed by atoms with E-state index in [1.54, 1.807) is 26.4 Å². The standard InChI is InChI=1S/C25H34N2O4/c1-24(2,3)17-25(4,5)19-9-11-20(12-10-19)31-16-23(28)27-26-15-18-8-13-21(29-6)22(14-18)30-7/h8-15H,16-17H2,1-7H3,(H,27,28)/b26-15+. The maximum Gasteiger partial charge on any atom is 0.277 e. The second-order valence-electron chi connectivity index (χ2n) is 9.34. The molecule has 2 aromatic rings. The quantitative estimate of drug-likeness (QED) is 0.455. The Bertz CT molecular complexity index is 897. The van der Waals surface area contributed by atoms with Crippen molar-refractivity contribution in [1.29, 1.82) is 0 Å². The zero-order valence-electron chi connectivity index (χ0n) is 19.6. The summed E-state index contributed by atoms with van der Waals surface area (Å²) in [5, 5.41) is 3.96. The Morgan fingerprint density at radius 1 is 0.968 bits per heavy atom. The van der Waals surface area contributed by atoms with Crippen LogP contribution in [0.1, 0.15) is 52.2 Å². The number of nitrogens with one attached hydrogen (secondary N) is 1. The van der Waals surface area contributed by atoms with Gasteiger partial charge in [-0.1, -0.05) is 46.8 Å². The van der Waals surface area contributed by atoms with Crippen molar-refractivity contribution in [3.05, 3.63) is 53.6 Å².